The molecule has 1 amide bonds. The van der Waals surface area contributed by atoms with E-state index in [2.05, 4.69) is 37.5 Å². The van der Waals surface area contributed by atoms with E-state index in [1.165, 1.54) is 5.56 Å². The van der Waals surface area contributed by atoms with Gasteiger partial charge in [0.05, 0.1) is 6.54 Å². The first kappa shape index (κ1) is 23.6. The van der Waals surface area contributed by atoms with Crippen molar-refractivity contribution in [1.82, 2.24) is 15.5 Å². The van der Waals surface area contributed by atoms with Crippen LogP contribution in [0.1, 0.15) is 45.6 Å². The van der Waals surface area contributed by atoms with Crippen LogP contribution in [0.2, 0.25) is 0 Å². The smallest absolute Gasteiger partial charge is 0.231 e. The Kier molecular flexibility index (Phi) is 8.85. The van der Waals surface area contributed by atoms with Crippen LogP contribution in [0.15, 0.2) is 23.2 Å². The van der Waals surface area contributed by atoms with Gasteiger partial charge in [-0.05, 0) is 37.5 Å². The number of nitrogens with one attached hydrogen (secondary N) is 2. The van der Waals surface area contributed by atoms with Gasteiger partial charge in [-0.3, -0.25) is 9.79 Å². The summed E-state index contributed by atoms with van der Waals surface area (Å²) in [5.74, 6) is 2.70. The minimum atomic E-state index is -0.134. The van der Waals surface area contributed by atoms with Crippen LogP contribution in [0.3, 0.4) is 0 Å². The number of benzene rings is 1. The Bertz CT molecular complexity index is 724. The fourth-order valence-electron chi connectivity index (χ4n) is 3.44. The summed E-state index contributed by atoms with van der Waals surface area (Å²) < 4.78 is 10.9. The van der Waals surface area contributed by atoms with Gasteiger partial charge in [0.2, 0.25) is 12.7 Å². The van der Waals surface area contributed by atoms with Crippen LogP contribution in [-0.2, 0) is 10.2 Å². The monoisotopic (exact) mass is 516 g/mol. The first-order valence-corrected chi connectivity index (χ1v) is 10.2. The van der Waals surface area contributed by atoms with Crippen LogP contribution in [0.5, 0.6) is 11.5 Å². The summed E-state index contributed by atoms with van der Waals surface area (Å²) in [7, 11) is 0. The van der Waals surface area contributed by atoms with Crippen molar-refractivity contribution < 1.29 is 14.3 Å². The Morgan fingerprint density at radius 1 is 1.24 bits per heavy atom. The summed E-state index contributed by atoms with van der Waals surface area (Å²) in [5.41, 5.74) is 1.04. The van der Waals surface area contributed by atoms with E-state index in [4.69, 9.17) is 14.5 Å². The quantitative estimate of drug-likeness (QED) is 0.241. The summed E-state index contributed by atoms with van der Waals surface area (Å²) in [4.78, 5) is 18.4. The van der Waals surface area contributed by atoms with E-state index in [0.29, 0.717) is 13.0 Å². The molecule has 1 aromatic carbocycles. The number of hydrogen-bond donors (Lipinski definition) is 2. The van der Waals surface area contributed by atoms with Crippen molar-refractivity contribution in [3.63, 3.8) is 0 Å². The third kappa shape index (κ3) is 6.38. The lowest BCUT2D eigenvalue weighted by Crippen LogP contribution is -2.40. The number of hydrogen-bond acceptors (Lipinski definition) is 4. The number of amides is 1. The van der Waals surface area contributed by atoms with Crippen molar-refractivity contribution in [1.29, 1.82) is 0 Å². The molecule has 1 aromatic rings. The van der Waals surface area contributed by atoms with Crippen LogP contribution in [-0.4, -0.2) is 56.3 Å². The highest BCUT2D eigenvalue weighted by molar-refractivity contribution is 14.0. The number of aliphatic imine (C=N–C) groups is 1. The maximum Gasteiger partial charge on any atom is 0.231 e. The van der Waals surface area contributed by atoms with Crippen molar-refractivity contribution >= 4 is 35.8 Å². The fraction of sp³-hybridized carbons (Fsp3) is 0.619. The summed E-state index contributed by atoms with van der Waals surface area (Å²) in [6.45, 7) is 10.7. The average molecular weight is 516 g/mol. The summed E-state index contributed by atoms with van der Waals surface area (Å²) in [6, 6.07) is 6.09. The molecular formula is C21H33IN4O3. The highest BCUT2D eigenvalue weighted by atomic mass is 127. The maximum absolute atomic E-state index is 11.7. The van der Waals surface area contributed by atoms with Crippen LogP contribution in [0, 0.1) is 0 Å². The molecule has 2 aliphatic rings. The minimum Gasteiger partial charge on any atom is -0.454 e. The zero-order valence-electron chi connectivity index (χ0n) is 17.6. The summed E-state index contributed by atoms with van der Waals surface area (Å²) in [6.07, 6.45) is 2.61. The molecule has 1 fully saturated rings. The van der Waals surface area contributed by atoms with E-state index in [1.54, 1.807) is 0 Å². The van der Waals surface area contributed by atoms with Gasteiger partial charge in [0.15, 0.2) is 17.5 Å². The second-order valence-electron chi connectivity index (χ2n) is 7.91. The van der Waals surface area contributed by atoms with Gasteiger partial charge in [-0.25, -0.2) is 0 Å². The Morgan fingerprint density at radius 3 is 2.76 bits per heavy atom. The highest BCUT2D eigenvalue weighted by Gasteiger charge is 2.24. The molecule has 2 heterocycles. The molecule has 2 aliphatic heterocycles. The summed E-state index contributed by atoms with van der Waals surface area (Å²) >= 11 is 0. The number of guanidine groups is 1. The van der Waals surface area contributed by atoms with E-state index in [0.717, 1.165) is 56.5 Å². The maximum atomic E-state index is 11.7. The van der Waals surface area contributed by atoms with Crippen molar-refractivity contribution in [3.8, 4) is 11.5 Å². The minimum absolute atomic E-state index is 0. The standard InChI is InChI=1S/C21H32N4O3.HI/c1-4-22-20(23-10-6-12-25-11-5-7-19(25)26)24-14-21(2,3)16-8-9-17-18(13-16)28-15-27-17;/h8-9,13H,4-7,10-12,14-15H2,1-3H3,(H2,22,23,24);1H. The number of carbonyl (C=O) groups is 1. The zero-order chi connectivity index (χ0) is 20.0. The molecule has 2 N–H and O–H groups in total. The Balaban J connectivity index is 0.00000300. The van der Waals surface area contributed by atoms with Gasteiger partial charge in [-0.1, -0.05) is 19.9 Å². The van der Waals surface area contributed by atoms with Crippen LogP contribution < -0.4 is 20.1 Å². The number of fused-ring (bicyclic) bond motifs is 1. The molecule has 0 saturated carbocycles. The zero-order valence-corrected chi connectivity index (χ0v) is 20.0. The molecule has 7 nitrogen and oxygen atoms in total. The van der Waals surface area contributed by atoms with Crippen LogP contribution in [0.4, 0.5) is 0 Å². The second-order valence-corrected chi connectivity index (χ2v) is 7.91. The number of carbonyl (C=O) groups excluding carboxylic acids is 1. The van der Waals surface area contributed by atoms with Gasteiger partial charge in [0.25, 0.3) is 0 Å². The van der Waals surface area contributed by atoms with Gasteiger partial charge in [-0.15, -0.1) is 24.0 Å². The van der Waals surface area contributed by atoms with Gasteiger partial charge in [0.1, 0.15) is 0 Å². The normalized spacial score (nSPS) is 16.0. The molecule has 162 valence electrons. The molecule has 1 saturated heterocycles. The number of rotatable bonds is 8. The Morgan fingerprint density at radius 2 is 2.03 bits per heavy atom. The van der Waals surface area contributed by atoms with Gasteiger partial charge in [0, 0.05) is 38.0 Å². The molecule has 0 spiro atoms. The highest BCUT2D eigenvalue weighted by Crippen LogP contribution is 2.36. The molecule has 0 atom stereocenters. The van der Waals surface area contributed by atoms with Crippen molar-refractivity contribution in [2.75, 3.05) is 39.5 Å². The predicted octanol–water partition coefficient (Wildman–Crippen LogP) is 2.88. The second kappa shape index (κ2) is 10.9. The van der Waals surface area contributed by atoms with Crippen molar-refractivity contribution in [3.05, 3.63) is 23.8 Å². The third-order valence-electron chi connectivity index (χ3n) is 5.20. The Labute approximate surface area is 190 Å². The molecule has 8 heteroatoms. The molecule has 0 aliphatic carbocycles. The number of likely N-dealkylation sites (tertiary alicyclic amines) is 1. The fourth-order valence-corrected chi connectivity index (χ4v) is 3.44. The molecule has 3 rings (SSSR count). The third-order valence-corrected chi connectivity index (χ3v) is 5.20. The lowest BCUT2D eigenvalue weighted by Gasteiger charge is -2.24. The van der Waals surface area contributed by atoms with Crippen LogP contribution in [0.25, 0.3) is 0 Å². The first-order chi connectivity index (χ1) is 13.5. The van der Waals surface area contributed by atoms with E-state index >= 15 is 0 Å². The predicted molar refractivity (Wildman–Crippen MR) is 125 cm³/mol. The number of ether oxygens (including phenoxy) is 2. The van der Waals surface area contributed by atoms with Crippen LogP contribution >= 0.6 is 24.0 Å². The van der Waals surface area contributed by atoms with Gasteiger partial charge >= 0.3 is 0 Å². The average Bonchev–Trinajstić information content (AvgIpc) is 3.31. The molecule has 0 bridgehead atoms. The number of halogens is 1. The molecule has 0 unspecified atom stereocenters. The van der Waals surface area contributed by atoms with Crippen molar-refractivity contribution in [2.45, 2.75) is 45.4 Å². The molecular weight excluding hydrogens is 483 g/mol. The lowest BCUT2D eigenvalue weighted by atomic mass is 9.84. The van der Waals surface area contributed by atoms with Crippen molar-refractivity contribution in [2.24, 2.45) is 4.99 Å². The summed E-state index contributed by atoms with van der Waals surface area (Å²) in [5, 5.41) is 6.68. The molecule has 29 heavy (non-hydrogen) atoms. The van der Waals surface area contributed by atoms with E-state index < -0.39 is 0 Å². The topological polar surface area (TPSA) is 75.2 Å². The Hall–Kier alpha value is -1.71. The van der Waals surface area contributed by atoms with Gasteiger partial charge in [-0.2, -0.15) is 0 Å². The SMILES string of the molecule is CCNC(=NCC(C)(C)c1ccc2c(c1)OCO2)NCCCN1CCCC1=O.I. The van der Waals surface area contributed by atoms with E-state index in [1.807, 2.05) is 17.0 Å². The largest absolute Gasteiger partial charge is 0.454 e. The molecule has 0 aromatic heterocycles. The lowest BCUT2D eigenvalue weighted by molar-refractivity contribution is -0.127. The van der Waals surface area contributed by atoms with Gasteiger partial charge < -0.3 is 25.0 Å². The first-order valence-electron chi connectivity index (χ1n) is 10.2. The van der Waals surface area contributed by atoms with E-state index in [9.17, 15) is 4.79 Å². The number of nitrogens with zero attached hydrogens (tertiary/aromatic N) is 2. The van der Waals surface area contributed by atoms with E-state index in [-0.39, 0.29) is 42.1 Å². The molecule has 0 radical (unpaired) electrons.